The van der Waals surface area contributed by atoms with E-state index in [9.17, 15) is 4.79 Å². The molecule has 0 radical (unpaired) electrons. The van der Waals surface area contributed by atoms with Crippen molar-refractivity contribution < 1.29 is 9.90 Å². The zero-order valence-electron chi connectivity index (χ0n) is 9.10. The number of hydrogen-bond donors (Lipinski definition) is 2. The first-order valence-electron chi connectivity index (χ1n) is 5.19. The van der Waals surface area contributed by atoms with E-state index < -0.39 is 5.97 Å². The highest BCUT2D eigenvalue weighted by Gasteiger charge is 2.37. The number of aliphatic carboxylic acids is 1. The molecule has 4 nitrogen and oxygen atoms in total. The van der Waals surface area contributed by atoms with Gasteiger partial charge in [0.25, 0.3) is 0 Å². The quantitative estimate of drug-likeness (QED) is 0.682. The monoisotopic (exact) mass is 200 g/mol. The van der Waals surface area contributed by atoms with Crippen molar-refractivity contribution in [1.29, 1.82) is 0 Å². The summed E-state index contributed by atoms with van der Waals surface area (Å²) in [5.74, 6) is -1.13. The highest BCUT2D eigenvalue weighted by atomic mass is 16.4. The SMILES string of the molecule is CC(C)N1CCC(C(=O)O)C(N)C1C. The minimum Gasteiger partial charge on any atom is -0.481 e. The van der Waals surface area contributed by atoms with Gasteiger partial charge in [-0.2, -0.15) is 0 Å². The lowest BCUT2D eigenvalue weighted by Gasteiger charge is -2.43. The molecule has 0 aromatic carbocycles. The van der Waals surface area contributed by atoms with E-state index in [2.05, 4.69) is 18.7 Å². The zero-order valence-corrected chi connectivity index (χ0v) is 9.10. The van der Waals surface area contributed by atoms with Crippen LogP contribution in [0.4, 0.5) is 0 Å². The molecule has 1 heterocycles. The first-order valence-corrected chi connectivity index (χ1v) is 5.19. The minimum absolute atomic E-state index is 0.157. The van der Waals surface area contributed by atoms with Gasteiger partial charge in [-0.25, -0.2) is 0 Å². The molecule has 0 amide bonds. The molecular formula is C10H20N2O2. The molecule has 1 aliphatic heterocycles. The van der Waals surface area contributed by atoms with E-state index in [0.29, 0.717) is 12.5 Å². The summed E-state index contributed by atoms with van der Waals surface area (Å²) in [5.41, 5.74) is 5.93. The standard InChI is InChI=1S/C10H20N2O2/c1-6(2)12-5-4-8(10(13)14)9(11)7(12)3/h6-9H,4-5,11H2,1-3H3,(H,13,14). The third-order valence-corrected chi connectivity index (χ3v) is 3.22. The number of likely N-dealkylation sites (tertiary alicyclic amines) is 1. The molecule has 4 heteroatoms. The van der Waals surface area contributed by atoms with Crippen molar-refractivity contribution in [3.8, 4) is 0 Å². The van der Waals surface area contributed by atoms with Crippen molar-refractivity contribution in [1.82, 2.24) is 4.90 Å². The fourth-order valence-electron chi connectivity index (χ4n) is 2.26. The normalized spacial score (nSPS) is 34.8. The molecule has 1 aliphatic rings. The molecule has 1 fully saturated rings. The molecule has 0 aromatic rings. The summed E-state index contributed by atoms with van der Waals surface area (Å²) in [4.78, 5) is 13.2. The Bertz CT molecular complexity index is 218. The molecule has 0 spiro atoms. The summed E-state index contributed by atoms with van der Waals surface area (Å²) in [6.07, 6.45) is 0.666. The second-order valence-corrected chi connectivity index (χ2v) is 4.38. The summed E-state index contributed by atoms with van der Waals surface area (Å²) in [6, 6.07) is 0.347. The van der Waals surface area contributed by atoms with Crippen molar-refractivity contribution in [3.63, 3.8) is 0 Å². The molecule has 3 unspecified atom stereocenters. The summed E-state index contributed by atoms with van der Waals surface area (Å²) >= 11 is 0. The summed E-state index contributed by atoms with van der Waals surface area (Å²) in [5, 5.41) is 8.95. The molecular weight excluding hydrogens is 180 g/mol. The lowest BCUT2D eigenvalue weighted by Crippen LogP contribution is -2.58. The molecule has 3 atom stereocenters. The average Bonchev–Trinajstić information content (AvgIpc) is 2.08. The first kappa shape index (κ1) is 11.5. The van der Waals surface area contributed by atoms with Crippen LogP contribution in [0.5, 0.6) is 0 Å². The van der Waals surface area contributed by atoms with E-state index in [1.807, 2.05) is 6.92 Å². The molecule has 14 heavy (non-hydrogen) atoms. The van der Waals surface area contributed by atoms with Crippen LogP contribution in [0.3, 0.4) is 0 Å². The van der Waals surface area contributed by atoms with Crippen LogP contribution in [0.2, 0.25) is 0 Å². The number of carbonyl (C=O) groups is 1. The van der Waals surface area contributed by atoms with Crippen molar-refractivity contribution in [2.75, 3.05) is 6.54 Å². The number of carboxylic acid groups (broad SMARTS) is 1. The summed E-state index contributed by atoms with van der Waals surface area (Å²) in [7, 11) is 0. The van der Waals surface area contributed by atoms with E-state index in [1.54, 1.807) is 0 Å². The Morgan fingerprint density at radius 1 is 1.57 bits per heavy atom. The van der Waals surface area contributed by atoms with Crippen molar-refractivity contribution in [2.24, 2.45) is 11.7 Å². The predicted molar refractivity (Wildman–Crippen MR) is 55.0 cm³/mol. The van der Waals surface area contributed by atoms with Gasteiger partial charge in [0.15, 0.2) is 0 Å². The Morgan fingerprint density at radius 2 is 2.14 bits per heavy atom. The van der Waals surface area contributed by atoms with E-state index in [4.69, 9.17) is 10.8 Å². The topological polar surface area (TPSA) is 66.6 Å². The van der Waals surface area contributed by atoms with Crippen LogP contribution in [0.1, 0.15) is 27.2 Å². The molecule has 82 valence electrons. The predicted octanol–water partition coefficient (Wildman–Crippen LogP) is 0.517. The van der Waals surface area contributed by atoms with Gasteiger partial charge in [-0.1, -0.05) is 0 Å². The van der Waals surface area contributed by atoms with Crippen LogP contribution >= 0.6 is 0 Å². The van der Waals surface area contributed by atoms with Gasteiger partial charge in [0.2, 0.25) is 0 Å². The van der Waals surface area contributed by atoms with Crippen LogP contribution < -0.4 is 5.73 Å². The van der Waals surface area contributed by atoms with Crippen LogP contribution in [0.15, 0.2) is 0 Å². The fraction of sp³-hybridized carbons (Fsp3) is 0.900. The van der Waals surface area contributed by atoms with Crippen molar-refractivity contribution in [3.05, 3.63) is 0 Å². The number of piperidine rings is 1. The number of nitrogens with zero attached hydrogens (tertiary/aromatic N) is 1. The maximum absolute atomic E-state index is 10.9. The van der Waals surface area contributed by atoms with Gasteiger partial charge in [0.1, 0.15) is 0 Å². The number of hydrogen-bond acceptors (Lipinski definition) is 3. The van der Waals surface area contributed by atoms with Gasteiger partial charge >= 0.3 is 5.97 Å². The third-order valence-electron chi connectivity index (χ3n) is 3.22. The largest absolute Gasteiger partial charge is 0.481 e. The Labute approximate surface area is 85.1 Å². The lowest BCUT2D eigenvalue weighted by atomic mass is 9.86. The zero-order chi connectivity index (χ0) is 10.9. The highest BCUT2D eigenvalue weighted by Crippen LogP contribution is 2.23. The number of carboxylic acids is 1. The molecule has 3 N–H and O–H groups in total. The minimum atomic E-state index is -0.757. The Morgan fingerprint density at radius 3 is 2.57 bits per heavy atom. The van der Waals surface area contributed by atoms with Gasteiger partial charge in [0, 0.05) is 18.1 Å². The van der Waals surface area contributed by atoms with E-state index in [0.717, 1.165) is 6.54 Å². The van der Waals surface area contributed by atoms with E-state index in [1.165, 1.54) is 0 Å². The molecule has 0 aliphatic carbocycles. The Hall–Kier alpha value is -0.610. The van der Waals surface area contributed by atoms with Crippen molar-refractivity contribution >= 4 is 5.97 Å². The summed E-state index contributed by atoms with van der Waals surface area (Å²) in [6.45, 7) is 7.08. The van der Waals surface area contributed by atoms with Crippen LogP contribution in [-0.2, 0) is 4.79 Å². The number of nitrogens with two attached hydrogens (primary N) is 1. The third kappa shape index (κ3) is 2.07. The molecule has 0 aromatic heterocycles. The summed E-state index contributed by atoms with van der Waals surface area (Å²) < 4.78 is 0. The maximum atomic E-state index is 10.9. The average molecular weight is 200 g/mol. The second-order valence-electron chi connectivity index (χ2n) is 4.38. The Balaban J connectivity index is 2.69. The van der Waals surface area contributed by atoms with Crippen LogP contribution in [0, 0.1) is 5.92 Å². The van der Waals surface area contributed by atoms with E-state index >= 15 is 0 Å². The van der Waals surface area contributed by atoms with Gasteiger partial charge in [-0.05, 0) is 33.7 Å². The van der Waals surface area contributed by atoms with Gasteiger partial charge in [-0.3, -0.25) is 9.69 Å². The smallest absolute Gasteiger partial charge is 0.308 e. The Kier molecular flexibility index (Phi) is 3.50. The highest BCUT2D eigenvalue weighted by molar-refractivity contribution is 5.71. The second kappa shape index (κ2) is 4.28. The first-order chi connectivity index (χ1) is 6.45. The molecule has 0 saturated carbocycles. The van der Waals surface area contributed by atoms with Crippen LogP contribution in [0.25, 0.3) is 0 Å². The van der Waals surface area contributed by atoms with Crippen LogP contribution in [-0.4, -0.2) is 40.6 Å². The van der Waals surface area contributed by atoms with Gasteiger partial charge < -0.3 is 10.8 Å². The molecule has 0 bridgehead atoms. The molecule has 1 rings (SSSR count). The van der Waals surface area contributed by atoms with Gasteiger partial charge in [0.05, 0.1) is 5.92 Å². The van der Waals surface area contributed by atoms with Gasteiger partial charge in [-0.15, -0.1) is 0 Å². The number of rotatable bonds is 2. The fourth-order valence-corrected chi connectivity index (χ4v) is 2.26. The van der Waals surface area contributed by atoms with E-state index in [-0.39, 0.29) is 18.0 Å². The lowest BCUT2D eigenvalue weighted by molar-refractivity contribution is -0.145. The van der Waals surface area contributed by atoms with Crippen molar-refractivity contribution in [2.45, 2.75) is 45.3 Å². The maximum Gasteiger partial charge on any atom is 0.308 e. The molecule has 1 saturated heterocycles.